The number of aryl methyl sites for hydroxylation is 1. The van der Waals surface area contributed by atoms with Crippen molar-refractivity contribution in [1.29, 1.82) is 0 Å². The average molecular weight is 256 g/mol. The normalized spacial score (nSPS) is 12.1. The van der Waals surface area contributed by atoms with Gasteiger partial charge in [0, 0.05) is 13.2 Å². The maximum absolute atomic E-state index is 11.8. The molecule has 1 aromatic heterocycles. The first-order chi connectivity index (χ1) is 8.06. The predicted octanol–water partition coefficient (Wildman–Crippen LogP) is 0.961. The van der Waals surface area contributed by atoms with Gasteiger partial charge in [0.25, 0.3) is 5.91 Å². The number of hydrogen-bond donors (Lipinski definition) is 2. The van der Waals surface area contributed by atoms with Gasteiger partial charge in [0.15, 0.2) is 0 Å². The molecule has 94 valence electrons. The van der Waals surface area contributed by atoms with Gasteiger partial charge in [-0.3, -0.25) is 4.79 Å². The zero-order valence-electron chi connectivity index (χ0n) is 9.84. The molecule has 0 aliphatic heterocycles. The van der Waals surface area contributed by atoms with Crippen LogP contribution in [0.5, 0.6) is 0 Å². The number of hydrogen-bond acceptors (Lipinski definition) is 3. The highest BCUT2D eigenvalue weighted by atomic mass is 32.2. The Morgan fingerprint density at radius 2 is 2.29 bits per heavy atom. The molecular formula is C11H16N2O3S. The zero-order valence-corrected chi connectivity index (χ0v) is 10.7. The van der Waals surface area contributed by atoms with E-state index < -0.39 is 12.0 Å². The molecule has 0 aromatic carbocycles. The maximum Gasteiger partial charge on any atom is 0.326 e. The van der Waals surface area contributed by atoms with Crippen molar-refractivity contribution in [2.45, 2.75) is 12.5 Å². The topological polar surface area (TPSA) is 71.3 Å². The van der Waals surface area contributed by atoms with Gasteiger partial charge in [-0.05, 0) is 30.6 Å². The Balaban J connectivity index is 2.64. The van der Waals surface area contributed by atoms with E-state index in [2.05, 4.69) is 5.32 Å². The van der Waals surface area contributed by atoms with Crippen LogP contribution in [-0.2, 0) is 11.8 Å². The number of rotatable bonds is 6. The second kappa shape index (κ2) is 6.34. The van der Waals surface area contributed by atoms with E-state index in [1.54, 1.807) is 41.7 Å². The number of carboxylic acids is 1. The summed E-state index contributed by atoms with van der Waals surface area (Å²) in [6, 6.07) is 2.57. The number of thioether (sulfide) groups is 1. The van der Waals surface area contributed by atoms with Gasteiger partial charge in [0.2, 0.25) is 0 Å². The van der Waals surface area contributed by atoms with Crippen LogP contribution in [0, 0.1) is 0 Å². The van der Waals surface area contributed by atoms with Gasteiger partial charge in [-0.2, -0.15) is 11.8 Å². The minimum absolute atomic E-state index is 0.356. The maximum atomic E-state index is 11.8. The molecule has 0 fully saturated rings. The fourth-order valence-corrected chi connectivity index (χ4v) is 1.89. The molecule has 17 heavy (non-hydrogen) atoms. The van der Waals surface area contributed by atoms with Crippen LogP contribution in [0.4, 0.5) is 0 Å². The van der Waals surface area contributed by atoms with Gasteiger partial charge in [0.1, 0.15) is 11.7 Å². The quantitative estimate of drug-likeness (QED) is 0.795. The predicted molar refractivity (Wildman–Crippen MR) is 67.3 cm³/mol. The summed E-state index contributed by atoms with van der Waals surface area (Å²) in [5, 5.41) is 11.5. The van der Waals surface area contributed by atoms with Crippen LogP contribution < -0.4 is 5.32 Å². The van der Waals surface area contributed by atoms with Crippen LogP contribution in [-0.4, -0.2) is 39.6 Å². The molecule has 1 amide bonds. The Hall–Kier alpha value is -1.43. The first-order valence-electron chi connectivity index (χ1n) is 5.20. The molecule has 1 aromatic rings. The molecule has 0 aliphatic rings. The summed E-state index contributed by atoms with van der Waals surface area (Å²) < 4.78 is 1.66. The van der Waals surface area contributed by atoms with Crippen LogP contribution in [0.1, 0.15) is 16.9 Å². The van der Waals surface area contributed by atoms with Crippen molar-refractivity contribution >= 4 is 23.6 Å². The largest absolute Gasteiger partial charge is 0.480 e. The molecule has 2 N–H and O–H groups in total. The Bertz CT molecular complexity index is 403. The summed E-state index contributed by atoms with van der Waals surface area (Å²) in [6.07, 6.45) is 4.07. The fraction of sp³-hybridized carbons (Fsp3) is 0.455. The summed E-state index contributed by atoms with van der Waals surface area (Å²) >= 11 is 1.56. The Kier molecular flexibility index (Phi) is 5.09. The van der Waals surface area contributed by atoms with E-state index in [1.165, 1.54) is 0 Å². The zero-order chi connectivity index (χ0) is 12.8. The molecule has 5 nitrogen and oxygen atoms in total. The molecule has 0 saturated carbocycles. The smallest absolute Gasteiger partial charge is 0.326 e. The summed E-state index contributed by atoms with van der Waals surface area (Å²) in [6.45, 7) is 0. The number of carboxylic acid groups (broad SMARTS) is 1. The lowest BCUT2D eigenvalue weighted by Gasteiger charge is -2.14. The van der Waals surface area contributed by atoms with Crippen LogP contribution in [0.3, 0.4) is 0 Å². The van der Waals surface area contributed by atoms with Crippen molar-refractivity contribution < 1.29 is 14.7 Å². The van der Waals surface area contributed by atoms with E-state index in [1.807, 2.05) is 6.26 Å². The van der Waals surface area contributed by atoms with E-state index in [0.717, 1.165) is 0 Å². The third-order valence-corrected chi connectivity index (χ3v) is 3.03. The van der Waals surface area contributed by atoms with E-state index in [-0.39, 0.29) is 5.91 Å². The molecule has 1 heterocycles. The van der Waals surface area contributed by atoms with Crippen LogP contribution >= 0.6 is 11.8 Å². The lowest BCUT2D eigenvalue weighted by Crippen LogP contribution is -2.41. The van der Waals surface area contributed by atoms with Gasteiger partial charge in [0.05, 0.1) is 0 Å². The van der Waals surface area contributed by atoms with E-state index in [4.69, 9.17) is 5.11 Å². The Morgan fingerprint density at radius 1 is 1.59 bits per heavy atom. The second-order valence-corrected chi connectivity index (χ2v) is 4.64. The second-order valence-electron chi connectivity index (χ2n) is 3.65. The van der Waals surface area contributed by atoms with Crippen molar-refractivity contribution in [3.05, 3.63) is 24.0 Å². The molecular weight excluding hydrogens is 240 g/mol. The highest BCUT2D eigenvalue weighted by molar-refractivity contribution is 7.98. The molecule has 0 bridgehead atoms. The minimum atomic E-state index is -0.999. The minimum Gasteiger partial charge on any atom is -0.480 e. The van der Waals surface area contributed by atoms with E-state index in [9.17, 15) is 9.59 Å². The molecule has 0 aliphatic carbocycles. The monoisotopic (exact) mass is 256 g/mol. The Labute approximate surface area is 104 Å². The molecule has 0 spiro atoms. The SMILES string of the molecule is CSCCC(NC(=O)c1cccn1C)C(=O)O. The highest BCUT2D eigenvalue weighted by Crippen LogP contribution is 2.04. The highest BCUT2D eigenvalue weighted by Gasteiger charge is 2.20. The van der Waals surface area contributed by atoms with Crippen LogP contribution in [0.2, 0.25) is 0 Å². The van der Waals surface area contributed by atoms with Gasteiger partial charge in [-0.25, -0.2) is 4.79 Å². The lowest BCUT2D eigenvalue weighted by atomic mass is 10.2. The number of amides is 1. The Morgan fingerprint density at radius 3 is 2.76 bits per heavy atom. The van der Waals surface area contributed by atoms with Crippen LogP contribution in [0.25, 0.3) is 0 Å². The first-order valence-corrected chi connectivity index (χ1v) is 6.59. The van der Waals surface area contributed by atoms with E-state index >= 15 is 0 Å². The molecule has 6 heteroatoms. The third kappa shape index (κ3) is 3.81. The summed E-state index contributed by atoms with van der Waals surface area (Å²) in [5.74, 6) is -0.655. The van der Waals surface area contributed by atoms with Crippen molar-refractivity contribution in [3.63, 3.8) is 0 Å². The van der Waals surface area contributed by atoms with Crippen molar-refractivity contribution in [1.82, 2.24) is 9.88 Å². The van der Waals surface area contributed by atoms with Gasteiger partial charge in [-0.1, -0.05) is 0 Å². The standard InChI is InChI=1S/C11H16N2O3S/c1-13-6-3-4-9(13)10(14)12-8(11(15)16)5-7-17-2/h3-4,6,8H,5,7H2,1-2H3,(H,12,14)(H,15,16). The van der Waals surface area contributed by atoms with Crippen LogP contribution in [0.15, 0.2) is 18.3 Å². The van der Waals surface area contributed by atoms with Crippen molar-refractivity contribution in [2.75, 3.05) is 12.0 Å². The number of nitrogens with zero attached hydrogens (tertiary/aromatic N) is 1. The number of aromatic nitrogens is 1. The number of nitrogens with one attached hydrogen (secondary N) is 1. The fourth-order valence-electron chi connectivity index (χ4n) is 1.42. The summed E-state index contributed by atoms with van der Waals surface area (Å²) in [7, 11) is 1.74. The number of carbonyl (C=O) groups is 2. The lowest BCUT2D eigenvalue weighted by molar-refractivity contribution is -0.139. The molecule has 0 radical (unpaired) electrons. The third-order valence-electron chi connectivity index (χ3n) is 2.39. The summed E-state index contributed by atoms with van der Waals surface area (Å²) in [4.78, 5) is 22.8. The molecule has 0 saturated heterocycles. The molecule has 1 atom stereocenters. The summed E-state index contributed by atoms with van der Waals surface area (Å²) in [5.41, 5.74) is 0.459. The number of aliphatic carboxylic acids is 1. The van der Waals surface area contributed by atoms with Gasteiger partial charge < -0.3 is 15.0 Å². The average Bonchev–Trinajstić information content (AvgIpc) is 2.70. The van der Waals surface area contributed by atoms with Gasteiger partial charge >= 0.3 is 5.97 Å². The van der Waals surface area contributed by atoms with Gasteiger partial charge in [-0.15, -0.1) is 0 Å². The van der Waals surface area contributed by atoms with E-state index in [0.29, 0.717) is 17.9 Å². The number of carbonyl (C=O) groups excluding carboxylic acids is 1. The first kappa shape index (κ1) is 13.6. The molecule has 1 rings (SSSR count). The van der Waals surface area contributed by atoms with Crippen molar-refractivity contribution in [3.8, 4) is 0 Å². The van der Waals surface area contributed by atoms with Crippen molar-refractivity contribution in [2.24, 2.45) is 7.05 Å². The molecule has 1 unspecified atom stereocenters.